The summed E-state index contributed by atoms with van der Waals surface area (Å²) in [5.74, 6) is -1.74. The minimum atomic E-state index is -0.633. The van der Waals surface area contributed by atoms with Gasteiger partial charge in [-0.05, 0) is 89.8 Å². The fourth-order valence-corrected chi connectivity index (χ4v) is 3.69. The van der Waals surface area contributed by atoms with E-state index in [2.05, 4.69) is 5.32 Å². The molecule has 0 saturated carbocycles. The van der Waals surface area contributed by atoms with Crippen LogP contribution in [-0.2, 0) is 19.1 Å². The summed E-state index contributed by atoms with van der Waals surface area (Å²) < 4.78 is 24.2. The number of amides is 2. The van der Waals surface area contributed by atoms with Gasteiger partial charge in [0.2, 0.25) is 0 Å². The Kier molecular flexibility index (Phi) is 7.33. The number of nitrogens with zero attached hydrogens (tertiary/aromatic N) is 1. The fraction of sp³-hybridized carbons (Fsp3) is 0.143. The van der Waals surface area contributed by atoms with Gasteiger partial charge in [-0.15, -0.1) is 0 Å². The zero-order chi connectivity index (χ0) is 22.5. The maximum atomic E-state index is 13.2. The number of hydrogen-bond acceptors (Lipinski definition) is 6. The second-order valence-electron chi connectivity index (χ2n) is 6.22. The number of rotatable bonds is 6. The number of nitrogens with one attached hydrogen (secondary N) is 1. The highest BCUT2D eigenvalue weighted by Gasteiger charge is 2.34. The van der Waals surface area contributed by atoms with Gasteiger partial charge in [0, 0.05) is 0 Å². The molecule has 2 aromatic rings. The van der Waals surface area contributed by atoms with Crippen LogP contribution in [0.3, 0.4) is 0 Å². The van der Waals surface area contributed by atoms with Crippen LogP contribution in [0.15, 0.2) is 48.0 Å². The number of benzene rings is 2. The molecule has 0 bridgehead atoms. The lowest BCUT2D eigenvalue weighted by Crippen LogP contribution is -2.54. The molecule has 0 aliphatic carbocycles. The van der Waals surface area contributed by atoms with Crippen LogP contribution < -0.4 is 15.0 Å². The van der Waals surface area contributed by atoms with Gasteiger partial charge in [-0.25, -0.2) is 9.18 Å². The van der Waals surface area contributed by atoms with E-state index >= 15 is 0 Å². The number of thiocarbonyl (C=S) groups is 1. The van der Waals surface area contributed by atoms with Crippen LogP contribution in [0.2, 0.25) is 0 Å². The summed E-state index contributed by atoms with van der Waals surface area (Å²) in [7, 11) is 0. The van der Waals surface area contributed by atoms with E-state index in [1.807, 2.05) is 22.6 Å². The first-order valence-corrected chi connectivity index (χ1v) is 10.5. The molecule has 7 nitrogen and oxygen atoms in total. The number of hydrogen-bond donors (Lipinski definition) is 1. The average Bonchev–Trinajstić information content (AvgIpc) is 2.72. The largest absolute Gasteiger partial charge is 0.481 e. The van der Waals surface area contributed by atoms with Crippen LogP contribution in [-0.4, -0.2) is 36.1 Å². The highest BCUT2D eigenvalue weighted by atomic mass is 127. The van der Waals surface area contributed by atoms with Crippen molar-refractivity contribution < 1.29 is 28.2 Å². The van der Waals surface area contributed by atoms with Crippen molar-refractivity contribution in [3.05, 3.63) is 63.0 Å². The van der Waals surface area contributed by atoms with Crippen LogP contribution in [0.1, 0.15) is 12.5 Å². The zero-order valence-electron chi connectivity index (χ0n) is 16.2. The smallest absolute Gasteiger partial charge is 0.344 e. The molecule has 1 fully saturated rings. The Bertz CT molecular complexity index is 1090. The molecule has 10 heteroatoms. The van der Waals surface area contributed by atoms with E-state index in [1.165, 1.54) is 30.3 Å². The van der Waals surface area contributed by atoms with Gasteiger partial charge in [0.25, 0.3) is 11.8 Å². The van der Waals surface area contributed by atoms with Gasteiger partial charge < -0.3 is 9.47 Å². The van der Waals surface area contributed by atoms with Gasteiger partial charge in [-0.1, -0.05) is 6.07 Å². The molecule has 1 saturated heterocycles. The topological polar surface area (TPSA) is 84.9 Å². The third-order valence-electron chi connectivity index (χ3n) is 4.10. The van der Waals surface area contributed by atoms with Crippen molar-refractivity contribution >= 4 is 69.5 Å². The molecule has 31 heavy (non-hydrogen) atoms. The molecular formula is C21H16FIN2O5S. The van der Waals surface area contributed by atoms with Crippen molar-refractivity contribution in [3.63, 3.8) is 0 Å². The van der Waals surface area contributed by atoms with Crippen LogP contribution in [0.5, 0.6) is 5.75 Å². The Labute approximate surface area is 196 Å². The molecule has 0 atom stereocenters. The summed E-state index contributed by atoms with van der Waals surface area (Å²) in [5.41, 5.74) is 0.770. The summed E-state index contributed by atoms with van der Waals surface area (Å²) in [6, 6.07) is 10.2. The predicted octanol–water partition coefficient (Wildman–Crippen LogP) is 3.20. The van der Waals surface area contributed by atoms with Crippen molar-refractivity contribution in [3.8, 4) is 5.75 Å². The molecule has 1 heterocycles. The van der Waals surface area contributed by atoms with Crippen LogP contribution in [0.25, 0.3) is 6.08 Å². The van der Waals surface area contributed by atoms with E-state index in [1.54, 1.807) is 25.1 Å². The minimum absolute atomic E-state index is 0.0870. The molecule has 160 valence electrons. The summed E-state index contributed by atoms with van der Waals surface area (Å²) in [4.78, 5) is 37.9. The van der Waals surface area contributed by atoms with Gasteiger partial charge in [0.15, 0.2) is 11.7 Å². The minimum Gasteiger partial charge on any atom is -0.481 e. The van der Waals surface area contributed by atoms with E-state index in [0.717, 1.165) is 4.90 Å². The molecule has 0 radical (unpaired) electrons. The van der Waals surface area contributed by atoms with E-state index < -0.39 is 23.6 Å². The molecule has 0 spiro atoms. The number of ether oxygens (including phenoxy) is 2. The summed E-state index contributed by atoms with van der Waals surface area (Å²) >= 11 is 7.14. The molecular weight excluding hydrogens is 538 g/mol. The van der Waals surface area contributed by atoms with Crippen molar-refractivity contribution in [1.82, 2.24) is 5.32 Å². The highest BCUT2D eigenvalue weighted by molar-refractivity contribution is 14.1. The first-order chi connectivity index (χ1) is 14.8. The molecule has 1 aliphatic heterocycles. The summed E-state index contributed by atoms with van der Waals surface area (Å²) in [5, 5.41) is 2.38. The highest BCUT2D eigenvalue weighted by Crippen LogP contribution is 2.26. The van der Waals surface area contributed by atoms with Crippen molar-refractivity contribution in [2.45, 2.75) is 6.92 Å². The number of anilines is 1. The lowest BCUT2D eigenvalue weighted by Gasteiger charge is -2.28. The normalized spacial score (nSPS) is 15.1. The standard InChI is InChI=1S/C21H16FIN2O5S/c1-2-29-18(26)11-30-17-8-3-12(10-16(17)23)9-15-19(27)24-21(31)25(20(15)28)14-6-4-13(22)5-7-14/h3-10H,2,11H2,1H3,(H,24,27,31)/b15-9-. The lowest BCUT2D eigenvalue weighted by atomic mass is 10.1. The van der Waals surface area contributed by atoms with Gasteiger partial charge >= 0.3 is 5.97 Å². The number of halogens is 2. The zero-order valence-corrected chi connectivity index (χ0v) is 19.2. The monoisotopic (exact) mass is 554 g/mol. The van der Waals surface area contributed by atoms with E-state index in [0.29, 0.717) is 20.6 Å². The number of esters is 1. The molecule has 2 aromatic carbocycles. The summed E-state index contributed by atoms with van der Waals surface area (Å²) in [6.07, 6.45) is 1.42. The predicted molar refractivity (Wildman–Crippen MR) is 124 cm³/mol. The van der Waals surface area contributed by atoms with Gasteiger partial charge in [0.05, 0.1) is 15.9 Å². The third-order valence-corrected chi connectivity index (χ3v) is 5.23. The molecule has 0 aromatic heterocycles. The molecule has 1 aliphatic rings. The lowest BCUT2D eigenvalue weighted by molar-refractivity contribution is -0.145. The SMILES string of the molecule is CCOC(=O)COc1ccc(/C=C2/C(=O)NC(=S)N(c3ccc(F)cc3)C2=O)cc1I. The van der Waals surface area contributed by atoms with Gasteiger partial charge in [-0.3, -0.25) is 19.8 Å². The third kappa shape index (κ3) is 5.44. The van der Waals surface area contributed by atoms with Crippen molar-refractivity contribution in [1.29, 1.82) is 0 Å². The second kappa shape index (κ2) is 9.96. The first kappa shape index (κ1) is 22.8. The molecule has 0 unspecified atom stereocenters. The van der Waals surface area contributed by atoms with Crippen molar-refractivity contribution in [2.75, 3.05) is 18.1 Å². The first-order valence-electron chi connectivity index (χ1n) is 9.05. The number of carbonyl (C=O) groups excluding carboxylic acids is 3. The average molecular weight is 554 g/mol. The molecule has 1 N–H and O–H groups in total. The molecule has 2 amide bonds. The Balaban J connectivity index is 1.84. The van der Waals surface area contributed by atoms with Gasteiger partial charge in [-0.2, -0.15) is 0 Å². The Hall–Kier alpha value is -2.86. The summed E-state index contributed by atoms with van der Waals surface area (Å²) in [6.45, 7) is 1.74. The second-order valence-corrected chi connectivity index (χ2v) is 7.77. The van der Waals surface area contributed by atoms with Crippen molar-refractivity contribution in [2.24, 2.45) is 0 Å². The Morgan fingerprint density at radius 2 is 1.94 bits per heavy atom. The Morgan fingerprint density at radius 3 is 2.58 bits per heavy atom. The Morgan fingerprint density at radius 1 is 1.23 bits per heavy atom. The quantitative estimate of drug-likeness (QED) is 0.194. The molecule has 3 rings (SSSR count). The van der Waals surface area contributed by atoms with E-state index in [-0.39, 0.29) is 23.9 Å². The van der Waals surface area contributed by atoms with Gasteiger partial charge in [0.1, 0.15) is 17.1 Å². The van der Waals surface area contributed by atoms with Crippen LogP contribution in [0, 0.1) is 9.39 Å². The van der Waals surface area contributed by atoms with Crippen LogP contribution >= 0.6 is 34.8 Å². The number of carbonyl (C=O) groups is 3. The van der Waals surface area contributed by atoms with E-state index in [4.69, 9.17) is 21.7 Å². The van der Waals surface area contributed by atoms with E-state index in [9.17, 15) is 18.8 Å². The van der Waals surface area contributed by atoms with Crippen LogP contribution in [0.4, 0.5) is 10.1 Å². The maximum absolute atomic E-state index is 13.2. The fourth-order valence-electron chi connectivity index (χ4n) is 2.71. The maximum Gasteiger partial charge on any atom is 0.344 e.